The van der Waals surface area contributed by atoms with Gasteiger partial charge in [-0.05, 0) is 55.8 Å². The van der Waals surface area contributed by atoms with Gasteiger partial charge in [0.25, 0.3) is 5.91 Å². The Labute approximate surface area is 232 Å². The lowest BCUT2D eigenvalue weighted by Gasteiger charge is -2.35. The van der Waals surface area contributed by atoms with Gasteiger partial charge in [0.1, 0.15) is 0 Å². The number of anilines is 5. The van der Waals surface area contributed by atoms with E-state index >= 15 is 0 Å². The molecule has 0 atom stereocenters. The Hall–Kier alpha value is -4.38. The minimum atomic E-state index is -0.206. The summed E-state index contributed by atoms with van der Waals surface area (Å²) in [7, 11) is 2.11. The van der Waals surface area contributed by atoms with Gasteiger partial charge in [-0.1, -0.05) is 12.8 Å². The number of hydrogen-bond acceptors (Lipinski definition) is 7. The molecule has 2 aromatic heterocycles. The van der Waals surface area contributed by atoms with E-state index in [1.807, 2.05) is 42.7 Å². The normalized spacial score (nSPS) is 17.8. The molecule has 2 fully saturated rings. The number of rotatable bonds is 6. The number of H-pyrrole nitrogens is 1. The van der Waals surface area contributed by atoms with Crippen LogP contribution >= 0.6 is 0 Å². The fraction of sp³-hybridized carbons (Fsp3) is 0.379. The zero-order chi connectivity index (χ0) is 27.2. The molecular weight excluding hydrogens is 506 g/mol. The second kappa shape index (κ2) is 9.98. The standard InChI is InChI=1S/C29H33N9O2/c1-36-10-12-37(13-11-36)25-17-24-23(33-28(34-24)35-29-30-8-9-38(29)20-4-2-3-5-20)16-21(25)27(40)31-19-6-7-22-18(14-19)15-26(39)32-22/h6-9,14,16-17,20H,2-5,10-13,15H2,1H3,(H,31,40)(H,32,39)(H2,30,33,34,35). The lowest BCUT2D eigenvalue weighted by Crippen LogP contribution is -2.45. The molecule has 0 radical (unpaired) electrons. The van der Waals surface area contributed by atoms with Gasteiger partial charge in [-0.3, -0.25) is 14.9 Å². The molecule has 0 spiro atoms. The predicted octanol–water partition coefficient (Wildman–Crippen LogP) is 4.12. The summed E-state index contributed by atoms with van der Waals surface area (Å²) in [6.07, 6.45) is 8.98. The number of aromatic amines is 1. The number of benzene rings is 2. The maximum atomic E-state index is 13.7. The van der Waals surface area contributed by atoms with E-state index in [0.29, 0.717) is 35.2 Å². The minimum absolute atomic E-state index is 0.0325. The van der Waals surface area contributed by atoms with Gasteiger partial charge in [-0.2, -0.15) is 0 Å². The number of piperazine rings is 1. The second-order valence-corrected chi connectivity index (χ2v) is 11.0. The molecule has 1 saturated heterocycles. The van der Waals surface area contributed by atoms with Crippen LogP contribution in [-0.4, -0.2) is 69.5 Å². The van der Waals surface area contributed by atoms with Crippen LogP contribution in [0, 0.1) is 0 Å². The molecule has 1 saturated carbocycles. The van der Waals surface area contributed by atoms with Gasteiger partial charge in [-0.15, -0.1) is 0 Å². The number of imidazole rings is 2. The molecule has 40 heavy (non-hydrogen) atoms. The van der Waals surface area contributed by atoms with Crippen LogP contribution in [0.2, 0.25) is 0 Å². The number of nitrogens with zero attached hydrogens (tertiary/aromatic N) is 5. The maximum Gasteiger partial charge on any atom is 0.257 e. The minimum Gasteiger partial charge on any atom is -0.368 e. The van der Waals surface area contributed by atoms with Crippen LogP contribution in [0.3, 0.4) is 0 Å². The first-order valence-corrected chi connectivity index (χ1v) is 14.0. The van der Waals surface area contributed by atoms with Gasteiger partial charge in [0.2, 0.25) is 17.8 Å². The van der Waals surface area contributed by atoms with E-state index in [0.717, 1.165) is 67.4 Å². The van der Waals surface area contributed by atoms with Crippen LogP contribution in [0.1, 0.15) is 47.6 Å². The SMILES string of the molecule is CN1CCN(c2cc3[nH]c(Nc4nccn4C4CCCC4)nc3cc2C(=O)Nc2ccc3c(c2)CC(=O)N3)CC1. The molecule has 7 rings (SSSR count). The highest BCUT2D eigenvalue weighted by Gasteiger charge is 2.24. The molecule has 3 aliphatic rings. The quantitative estimate of drug-likeness (QED) is 0.291. The highest BCUT2D eigenvalue weighted by molar-refractivity contribution is 6.11. The van der Waals surface area contributed by atoms with Crippen molar-refractivity contribution in [2.24, 2.45) is 0 Å². The van der Waals surface area contributed by atoms with Crippen molar-refractivity contribution in [1.82, 2.24) is 24.4 Å². The van der Waals surface area contributed by atoms with Crippen molar-refractivity contribution in [2.45, 2.75) is 38.1 Å². The van der Waals surface area contributed by atoms with Crippen LogP contribution in [0.15, 0.2) is 42.7 Å². The Balaban J connectivity index is 1.20. The Kier molecular flexibility index (Phi) is 6.15. The summed E-state index contributed by atoms with van der Waals surface area (Å²) in [6.45, 7) is 3.50. The third-order valence-corrected chi connectivity index (χ3v) is 8.29. The fourth-order valence-corrected chi connectivity index (χ4v) is 6.09. The topological polar surface area (TPSA) is 123 Å². The summed E-state index contributed by atoms with van der Waals surface area (Å²) in [6, 6.07) is 9.87. The highest BCUT2D eigenvalue weighted by Crippen LogP contribution is 2.33. The van der Waals surface area contributed by atoms with Crippen LogP contribution in [-0.2, 0) is 11.2 Å². The molecule has 2 aromatic carbocycles. The number of hydrogen-bond donors (Lipinski definition) is 4. The smallest absolute Gasteiger partial charge is 0.257 e. The van der Waals surface area contributed by atoms with E-state index in [2.05, 4.69) is 47.3 Å². The summed E-state index contributed by atoms with van der Waals surface area (Å²) < 4.78 is 2.20. The molecule has 206 valence electrons. The number of carbonyl (C=O) groups excluding carboxylic acids is 2. The van der Waals surface area contributed by atoms with Gasteiger partial charge < -0.3 is 30.0 Å². The molecule has 0 unspecified atom stereocenters. The van der Waals surface area contributed by atoms with Crippen molar-refractivity contribution >= 4 is 51.8 Å². The zero-order valence-corrected chi connectivity index (χ0v) is 22.5. The average Bonchev–Trinajstić information content (AvgIpc) is 3.74. The Morgan fingerprint density at radius 1 is 1.07 bits per heavy atom. The van der Waals surface area contributed by atoms with Gasteiger partial charge in [0.15, 0.2) is 0 Å². The maximum absolute atomic E-state index is 13.7. The van der Waals surface area contributed by atoms with Crippen LogP contribution in [0.5, 0.6) is 0 Å². The van der Waals surface area contributed by atoms with Crippen molar-refractivity contribution in [3.8, 4) is 0 Å². The monoisotopic (exact) mass is 539 g/mol. The number of carbonyl (C=O) groups is 2. The number of nitrogens with one attached hydrogen (secondary N) is 4. The summed E-state index contributed by atoms with van der Waals surface area (Å²) in [5.41, 5.74) is 5.34. The van der Waals surface area contributed by atoms with Crippen molar-refractivity contribution in [3.63, 3.8) is 0 Å². The van der Waals surface area contributed by atoms with E-state index in [1.54, 1.807) is 0 Å². The van der Waals surface area contributed by atoms with E-state index < -0.39 is 0 Å². The molecule has 2 aliphatic heterocycles. The van der Waals surface area contributed by atoms with E-state index in [4.69, 9.17) is 4.98 Å². The molecule has 4 N–H and O–H groups in total. The van der Waals surface area contributed by atoms with Crippen LogP contribution in [0.25, 0.3) is 11.0 Å². The summed E-state index contributed by atoms with van der Waals surface area (Å²) in [4.78, 5) is 42.8. The van der Waals surface area contributed by atoms with E-state index in [1.165, 1.54) is 12.8 Å². The lowest BCUT2D eigenvalue weighted by atomic mass is 10.1. The molecular formula is C29H33N9O2. The van der Waals surface area contributed by atoms with Gasteiger partial charge in [0.05, 0.1) is 28.7 Å². The number of likely N-dealkylation sites (N-methyl/N-ethyl adjacent to an activating group) is 1. The molecule has 11 heteroatoms. The van der Waals surface area contributed by atoms with Crippen molar-refractivity contribution < 1.29 is 9.59 Å². The van der Waals surface area contributed by atoms with Crippen molar-refractivity contribution in [1.29, 1.82) is 0 Å². The summed E-state index contributed by atoms with van der Waals surface area (Å²) in [5.74, 6) is 1.13. The van der Waals surface area contributed by atoms with Gasteiger partial charge in [-0.25, -0.2) is 9.97 Å². The Morgan fingerprint density at radius 2 is 1.90 bits per heavy atom. The third-order valence-electron chi connectivity index (χ3n) is 8.29. The Morgan fingerprint density at radius 3 is 2.73 bits per heavy atom. The first-order valence-electron chi connectivity index (χ1n) is 14.0. The van der Waals surface area contributed by atoms with Crippen LogP contribution < -0.4 is 20.9 Å². The molecule has 11 nitrogen and oxygen atoms in total. The molecule has 0 bridgehead atoms. The van der Waals surface area contributed by atoms with Crippen molar-refractivity contribution in [3.05, 3.63) is 53.9 Å². The number of amides is 2. The third kappa shape index (κ3) is 4.66. The summed E-state index contributed by atoms with van der Waals surface area (Å²) in [5, 5.41) is 9.26. The summed E-state index contributed by atoms with van der Waals surface area (Å²) >= 11 is 0. The largest absolute Gasteiger partial charge is 0.368 e. The Bertz CT molecular complexity index is 1590. The first kappa shape index (κ1) is 24.6. The molecule has 4 aromatic rings. The molecule has 2 amide bonds. The van der Waals surface area contributed by atoms with Gasteiger partial charge in [0, 0.05) is 56.0 Å². The zero-order valence-electron chi connectivity index (χ0n) is 22.5. The number of fused-ring (bicyclic) bond motifs is 2. The fourth-order valence-electron chi connectivity index (χ4n) is 6.09. The molecule has 1 aliphatic carbocycles. The number of aromatic nitrogens is 4. The first-order chi connectivity index (χ1) is 19.5. The van der Waals surface area contributed by atoms with E-state index in [9.17, 15) is 9.59 Å². The average molecular weight is 540 g/mol. The van der Waals surface area contributed by atoms with Crippen LogP contribution in [0.4, 0.5) is 29.0 Å². The molecule has 4 heterocycles. The van der Waals surface area contributed by atoms with E-state index in [-0.39, 0.29) is 11.8 Å². The van der Waals surface area contributed by atoms with Crippen molar-refractivity contribution in [2.75, 3.05) is 54.1 Å². The lowest BCUT2D eigenvalue weighted by molar-refractivity contribution is -0.115. The van der Waals surface area contributed by atoms with Gasteiger partial charge >= 0.3 is 0 Å². The highest BCUT2D eigenvalue weighted by atomic mass is 16.2. The second-order valence-electron chi connectivity index (χ2n) is 11.0. The predicted molar refractivity (Wildman–Crippen MR) is 156 cm³/mol.